The van der Waals surface area contributed by atoms with E-state index >= 15 is 0 Å². The third-order valence-corrected chi connectivity index (χ3v) is 3.95. The molecule has 1 unspecified atom stereocenters. The molecule has 5 heteroatoms. The molecule has 0 aliphatic rings. The number of ether oxygens (including phenoxy) is 1. The second kappa shape index (κ2) is 7.00. The first kappa shape index (κ1) is 15.9. The number of nitrogen functional groups attached to an aromatic ring is 1. The zero-order valence-corrected chi connectivity index (χ0v) is 14.1. The molecule has 0 aliphatic carbocycles. The molecule has 0 saturated carbocycles. The van der Waals surface area contributed by atoms with Gasteiger partial charge in [0, 0.05) is 6.61 Å². The molecule has 1 heterocycles. The van der Waals surface area contributed by atoms with E-state index in [1.54, 1.807) is 0 Å². The number of rotatable bonds is 5. The maximum Gasteiger partial charge on any atom is 0.164 e. The molecule has 112 valence electrons. The lowest BCUT2D eigenvalue weighted by atomic mass is 10.1. The van der Waals surface area contributed by atoms with Crippen molar-refractivity contribution >= 4 is 21.7 Å². The van der Waals surface area contributed by atoms with Gasteiger partial charge in [-0.3, -0.25) is 0 Å². The van der Waals surface area contributed by atoms with Crippen molar-refractivity contribution in [3.05, 3.63) is 51.9 Å². The van der Waals surface area contributed by atoms with Crippen molar-refractivity contribution in [3.63, 3.8) is 0 Å². The van der Waals surface area contributed by atoms with Crippen molar-refractivity contribution in [2.75, 3.05) is 12.3 Å². The second-order valence-corrected chi connectivity index (χ2v) is 5.86. The third-order valence-electron chi connectivity index (χ3n) is 3.14. The van der Waals surface area contributed by atoms with E-state index in [2.05, 4.69) is 39.7 Å². The Hall–Kier alpha value is -1.46. The van der Waals surface area contributed by atoms with E-state index in [1.165, 1.54) is 0 Å². The highest BCUT2D eigenvalue weighted by atomic mass is 79.9. The largest absolute Gasteiger partial charge is 0.383 e. The van der Waals surface area contributed by atoms with Crippen LogP contribution in [0.1, 0.15) is 49.9 Å². The van der Waals surface area contributed by atoms with Gasteiger partial charge in [0.05, 0.1) is 10.2 Å². The first-order valence-corrected chi connectivity index (χ1v) is 7.83. The maximum atomic E-state index is 6.02. The van der Waals surface area contributed by atoms with E-state index in [1.807, 2.05) is 37.3 Å². The molecular weight excluding hydrogens is 330 g/mol. The Kier molecular flexibility index (Phi) is 5.31. The quantitative estimate of drug-likeness (QED) is 0.883. The van der Waals surface area contributed by atoms with Gasteiger partial charge in [0.1, 0.15) is 11.9 Å². The Bertz CT molecular complexity index is 602. The van der Waals surface area contributed by atoms with Crippen LogP contribution in [0.4, 0.5) is 5.82 Å². The van der Waals surface area contributed by atoms with Gasteiger partial charge in [-0.15, -0.1) is 0 Å². The highest BCUT2D eigenvalue weighted by Gasteiger charge is 2.21. The molecule has 0 bridgehead atoms. The summed E-state index contributed by atoms with van der Waals surface area (Å²) >= 11 is 3.47. The maximum absolute atomic E-state index is 6.02. The normalized spacial score (nSPS) is 12.6. The van der Waals surface area contributed by atoms with Crippen LogP contribution in [0.2, 0.25) is 0 Å². The van der Waals surface area contributed by atoms with Crippen molar-refractivity contribution in [3.8, 4) is 0 Å². The number of halogens is 1. The minimum atomic E-state index is -0.302. The molecule has 1 aromatic heterocycles. The molecule has 2 aromatic rings. The van der Waals surface area contributed by atoms with Gasteiger partial charge in [0.15, 0.2) is 5.82 Å². The summed E-state index contributed by atoms with van der Waals surface area (Å²) in [7, 11) is 0. The zero-order valence-electron chi connectivity index (χ0n) is 12.5. The monoisotopic (exact) mass is 349 g/mol. The van der Waals surface area contributed by atoms with E-state index < -0.39 is 0 Å². The Labute approximate surface area is 133 Å². The molecule has 2 N–H and O–H groups in total. The number of nitrogens with zero attached hydrogens (tertiary/aromatic N) is 2. The lowest BCUT2D eigenvalue weighted by molar-refractivity contribution is 0.0850. The van der Waals surface area contributed by atoms with Gasteiger partial charge < -0.3 is 10.5 Å². The summed E-state index contributed by atoms with van der Waals surface area (Å²) in [6, 6.07) is 9.95. The predicted octanol–water partition coefficient (Wildman–Crippen LogP) is 4.07. The van der Waals surface area contributed by atoms with Crippen molar-refractivity contribution in [2.24, 2.45) is 0 Å². The van der Waals surface area contributed by atoms with Crippen molar-refractivity contribution < 1.29 is 4.74 Å². The topological polar surface area (TPSA) is 61.0 Å². The van der Waals surface area contributed by atoms with Crippen molar-refractivity contribution in [1.82, 2.24) is 9.97 Å². The minimum absolute atomic E-state index is 0.251. The molecule has 1 atom stereocenters. The molecule has 0 saturated heterocycles. The summed E-state index contributed by atoms with van der Waals surface area (Å²) in [5.41, 5.74) is 7.94. The first-order chi connectivity index (χ1) is 10.0. The van der Waals surface area contributed by atoms with Crippen LogP contribution in [-0.2, 0) is 4.74 Å². The highest BCUT2D eigenvalue weighted by Crippen LogP contribution is 2.31. The number of anilines is 1. The van der Waals surface area contributed by atoms with E-state index in [9.17, 15) is 0 Å². The molecule has 21 heavy (non-hydrogen) atoms. The standard InChI is InChI=1S/C16H20BrN3O/c1-4-21-14(11-8-6-5-7-9-11)16-19-13(10(2)3)12(17)15(18)20-16/h5-10,14H,4H2,1-3H3,(H2,18,19,20). The number of hydrogen-bond acceptors (Lipinski definition) is 4. The predicted molar refractivity (Wildman–Crippen MR) is 88.1 cm³/mol. The fourth-order valence-electron chi connectivity index (χ4n) is 2.12. The van der Waals surface area contributed by atoms with Gasteiger partial charge in [-0.2, -0.15) is 0 Å². The van der Waals surface area contributed by atoms with E-state index in [0.29, 0.717) is 18.2 Å². The van der Waals surface area contributed by atoms with E-state index in [4.69, 9.17) is 10.5 Å². The van der Waals surface area contributed by atoms with Gasteiger partial charge in [-0.1, -0.05) is 44.2 Å². The average molecular weight is 350 g/mol. The van der Waals surface area contributed by atoms with Gasteiger partial charge >= 0.3 is 0 Å². The van der Waals surface area contributed by atoms with Gasteiger partial charge in [0.2, 0.25) is 0 Å². The summed E-state index contributed by atoms with van der Waals surface area (Å²) in [6.07, 6.45) is -0.302. The van der Waals surface area contributed by atoms with Crippen LogP contribution in [0.5, 0.6) is 0 Å². The molecule has 1 aromatic carbocycles. The number of nitrogens with two attached hydrogens (primary N) is 1. The molecule has 4 nitrogen and oxygen atoms in total. The Morgan fingerprint density at radius 2 is 1.86 bits per heavy atom. The smallest absolute Gasteiger partial charge is 0.164 e. The summed E-state index contributed by atoms with van der Waals surface area (Å²) in [5, 5.41) is 0. The lowest BCUT2D eigenvalue weighted by Crippen LogP contribution is -2.14. The fraction of sp³-hybridized carbons (Fsp3) is 0.375. The van der Waals surface area contributed by atoms with Crippen LogP contribution in [0.15, 0.2) is 34.8 Å². The zero-order chi connectivity index (χ0) is 15.4. The third kappa shape index (κ3) is 3.60. The van der Waals surface area contributed by atoms with Crippen LogP contribution in [0.25, 0.3) is 0 Å². The average Bonchev–Trinajstić information content (AvgIpc) is 2.48. The number of benzene rings is 1. The Balaban J connectivity index is 2.51. The summed E-state index contributed by atoms with van der Waals surface area (Å²) in [4.78, 5) is 9.07. The van der Waals surface area contributed by atoms with E-state index in [-0.39, 0.29) is 12.0 Å². The summed E-state index contributed by atoms with van der Waals surface area (Å²) in [5.74, 6) is 1.30. The number of aromatic nitrogens is 2. The molecule has 0 amide bonds. The summed E-state index contributed by atoms with van der Waals surface area (Å²) in [6.45, 7) is 6.69. The summed E-state index contributed by atoms with van der Waals surface area (Å²) < 4.78 is 6.62. The SMILES string of the molecule is CCOC(c1ccccc1)c1nc(N)c(Br)c(C(C)C)n1. The Morgan fingerprint density at radius 1 is 1.19 bits per heavy atom. The van der Waals surface area contributed by atoms with Crippen molar-refractivity contribution in [1.29, 1.82) is 0 Å². The van der Waals surface area contributed by atoms with Crippen LogP contribution in [0.3, 0.4) is 0 Å². The first-order valence-electron chi connectivity index (χ1n) is 7.03. The molecule has 0 fully saturated rings. The van der Waals surface area contributed by atoms with Crippen LogP contribution in [0, 0.1) is 0 Å². The molecule has 0 spiro atoms. The van der Waals surface area contributed by atoms with Gasteiger partial charge in [-0.25, -0.2) is 9.97 Å². The van der Waals surface area contributed by atoms with Gasteiger partial charge in [-0.05, 0) is 34.3 Å². The van der Waals surface area contributed by atoms with Crippen LogP contribution in [-0.4, -0.2) is 16.6 Å². The fourth-order valence-corrected chi connectivity index (χ4v) is 2.75. The highest BCUT2D eigenvalue weighted by molar-refractivity contribution is 9.10. The lowest BCUT2D eigenvalue weighted by Gasteiger charge is -2.19. The minimum Gasteiger partial charge on any atom is -0.383 e. The van der Waals surface area contributed by atoms with Crippen LogP contribution >= 0.6 is 15.9 Å². The van der Waals surface area contributed by atoms with Gasteiger partial charge in [0.25, 0.3) is 0 Å². The molecular formula is C16H20BrN3O. The molecule has 0 radical (unpaired) electrons. The molecule has 2 rings (SSSR count). The molecule has 0 aliphatic heterocycles. The Morgan fingerprint density at radius 3 is 2.43 bits per heavy atom. The van der Waals surface area contributed by atoms with E-state index in [0.717, 1.165) is 15.7 Å². The van der Waals surface area contributed by atoms with Crippen molar-refractivity contribution in [2.45, 2.75) is 32.8 Å². The second-order valence-electron chi connectivity index (χ2n) is 5.07. The number of hydrogen-bond donors (Lipinski definition) is 1. The van der Waals surface area contributed by atoms with Crippen LogP contribution < -0.4 is 5.73 Å².